The Morgan fingerprint density at radius 3 is 1.60 bits per heavy atom. The molecule has 0 fully saturated rings. The van der Waals surface area contributed by atoms with E-state index in [0.717, 1.165) is 0 Å². The summed E-state index contributed by atoms with van der Waals surface area (Å²) in [7, 11) is 0. The van der Waals surface area contributed by atoms with E-state index in [4.69, 9.17) is 5.26 Å². The van der Waals surface area contributed by atoms with Crippen LogP contribution in [-0.4, -0.2) is 0 Å². The molecule has 0 aliphatic heterocycles. The zero-order valence-electron chi connectivity index (χ0n) is 2.76. The predicted octanol–water partition coefficient (Wildman–Crippen LogP) is 0.543. The lowest BCUT2D eigenvalue weighted by molar-refractivity contribution is 1.11. The number of rotatable bonds is 0. The van der Waals surface area contributed by atoms with Gasteiger partial charge in [0, 0.05) is 0 Å². The molecule has 5 heavy (non-hydrogen) atoms. The van der Waals surface area contributed by atoms with Gasteiger partial charge in [0.2, 0.25) is 0 Å². The molecule has 4 N–H and O–H groups in total. The van der Waals surface area contributed by atoms with Gasteiger partial charge in [0.1, 0.15) is 0 Å². The SMILES string of the molecule is F.N#C[S-].[NH4+]. The Hall–Kier alpha value is -0.400. The molecular weight excluding hydrogens is 91.1 g/mol. The fourth-order valence-electron chi connectivity index (χ4n) is 0. The summed E-state index contributed by atoms with van der Waals surface area (Å²) in [6, 6.07) is 0. The van der Waals surface area contributed by atoms with Crippen LogP contribution in [0.15, 0.2) is 0 Å². The standard InChI is InChI=1S/CHNS.FH.H3N/c2-1-3;;/h3H;1H;1H3. The molecule has 0 aliphatic carbocycles. The van der Waals surface area contributed by atoms with Crippen LogP contribution in [-0.2, 0) is 12.6 Å². The first-order chi connectivity index (χ1) is 1.41. The second kappa shape index (κ2) is 67.6. The largest absolute Gasteiger partial charge is 0.696 e. The number of quaternary nitrogens is 1. The van der Waals surface area contributed by atoms with Crippen molar-refractivity contribution in [3.63, 3.8) is 0 Å². The van der Waals surface area contributed by atoms with Crippen LogP contribution in [0.4, 0.5) is 4.70 Å². The van der Waals surface area contributed by atoms with Gasteiger partial charge in [-0.25, -0.2) is 5.26 Å². The van der Waals surface area contributed by atoms with Crippen molar-refractivity contribution in [2.24, 2.45) is 0 Å². The molecule has 0 saturated heterocycles. The third-order valence-electron chi connectivity index (χ3n) is 0. The molecule has 32 valence electrons. The summed E-state index contributed by atoms with van der Waals surface area (Å²) in [5.41, 5.74) is 0. The van der Waals surface area contributed by atoms with Crippen molar-refractivity contribution in [2.75, 3.05) is 0 Å². The Kier molecular flexibility index (Phi) is 315. The molecule has 0 aromatic rings. The van der Waals surface area contributed by atoms with Crippen molar-refractivity contribution in [1.82, 2.24) is 6.15 Å². The number of hydrogen-bond acceptors (Lipinski definition) is 2. The summed E-state index contributed by atoms with van der Waals surface area (Å²) in [6.45, 7) is 0. The first-order valence-electron chi connectivity index (χ1n) is 0.428. The molecule has 0 heterocycles. The average molecular weight is 96.1 g/mol. The molecule has 0 aromatic heterocycles. The Morgan fingerprint density at radius 1 is 1.60 bits per heavy atom. The van der Waals surface area contributed by atoms with Gasteiger partial charge in [0.25, 0.3) is 0 Å². The fraction of sp³-hybridized carbons (Fsp3) is 0. The molecule has 2 nitrogen and oxygen atoms in total. The lowest BCUT2D eigenvalue weighted by Gasteiger charge is -1.53. The maximum absolute atomic E-state index is 7.13. The zero-order valence-corrected chi connectivity index (χ0v) is 3.58. The number of thiocyanates is 1. The topological polar surface area (TPSA) is 60.3 Å². The van der Waals surface area contributed by atoms with E-state index in [1.165, 1.54) is 5.40 Å². The second-order valence-corrected chi connectivity index (χ2v) is 0.274. The summed E-state index contributed by atoms with van der Waals surface area (Å²) in [5.74, 6) is 0. The molecule has 0 atom stereocenters. The van der Waals surface area contributed by atoms with Crippen LogP contribution < -0.4 is 6.15 Å². The zero-order chi connectivity index (χ0) is 2.71. The van der Waals surface area contributed by atoms with E-state index in [2.05, 4.69) is 12.6 Å². The van der Waals surface area contributed by atoms with Crippen LogP contribution >= 0.6 is 0 Å². The summed E-state index contributed by atoms with van der Waals surface area (Å²) in [6.07, 6.45) is 0. The third kappa shape index (κ3) is 57.6. The molecule has 0 spiro atoms. The van der Waals surface area contributed by atoms with Crippen LogP contribution in [0.5, 0.6) is 0 Å². The molecule has 0 saturated carbocycles. The van der Waals surface area contributed by atoms with Crippen molar-refractivity contribution in [2.45, 2.75) is 0 Å². The number of nitrogens with zero attached hydrogens (tertiary/aromatic N) is 1. The van der Waals surface area contributed by atoms with Gasteiger partial charge in [0.05, 0.1) is 0 Å². The normalized spacial score (nSPS) is 1.40. The predicted molar refractivity (Wildman–Crippen MR) is 21.5 cm³/mol. The molecule has 4 heteroatoms. The number of nitriles is 1. The van der Waals surface area contributed by atoms with Gasteiger partial charge in [-0.05, 0) is 0 Å². The quantitative estimate of drug-likeness (QED) is 0.353. The number of halogens is 1. The maximum atomic E-state index is 7.13. The van der Waals surface area contributed by atoms with E-state index in [9.17, 15) is 0 Å². The van der Waals surface area contributed by atoms with E-state index in [0.29, 0.717) is 0 Å². The van der Waals surface area contributed by atoms with Crippen LogP contribution in [0.3, 0.4) is 0 Å². The van der Waals surface area contributed by atoms with E-state index in [-0.39, 0.29) is 10.9 Å². The van der Waals surface area contributed by atoms with Crippen molar-refractivity contribution >= 4 is 12.6 Å². The van der Waals surface area contributed by atoms with Crippen LogP contribution in [0.25, 0.3) is 0 Å². The molecule has 0 radical (unpaired) electrons. The van der Waals surface area contributed by atoms with Crippen LogP contribution in [0.2, 0.25) is 0 Å². The average Bonchev–Trinajstić information content (AvgIpc) is 0.918. The Morgan fingerprint density at radius 2 is 1.60 bits per heavy atom. The first kappa shape index (κ1) is 23.3. The van der Waals surface area contributed by atoms with Crippen LogP contribution in [0, 0.1) is 10.7 Å². The van der Waals surface area contributed by atoms with Crippen molar-refractivity contribution in [3.05, 3.63) is 0 Å². The van der Waals surface area contributed by atoms with Crippen molar-refractivity contribution < 1.29 is 4.70 Å². The van der Waals surface area contributed by atoms with E-state index in [1.807, 2.05) is 0 Å². The van der Waals surface area contributed by atoms with Gasteiger partial charge in [-0.3, -0.25) is 4.70 Å². The highest BCUT2D eigenvalue weighted by Crippen LogP contribution is 1.16. The summed E-state index contributed by atoms with van der Waals surface area (Å²) in [5, 5.41) is 8.47. The smallest absolute Gasteiger partial charge is 0.0797 e. The van der Waals surface area contributed by atoms with E-state index >= 15 is 0 Å². The minimum atomic E-state index is 0. The van der Waals surface area contributed by atoms with Gasteiger partial charge >= 0.3 is 0 Å². The Labute approximate surface area is 35.2 Å². The molecule has 0 amide bonds. The van der Waals surface area contributed by atoms with Gasteiger partial charge in [-0.15, -0.1) is 0 Å². The first-order valence-corrected chi connectivity index (χ1v) is 0.836. The molecule has 0 aromatic carbocycles. The van der Waals surface area contributed by atoms with E-state index < -0.39 is 0 Å². The molecule has 0 unspecified atom stereocenters. The monoisotopic (exact) mass is 96.0 g/mol. The Balaban J connectivity index is -0.0000000200. The highest BCUT2D eigenvalue weighted by atomic mass is 32.1. The van der Waals surface area contributed by atoms with Gasteiger partial charge < -0.3 is 18.8 Å². The minimum absolute atomic E-state index is 0. The minimum Gasteiger partial charge on any atom is -0.696 e. The van der Waals surface area contributed by atoms with Gasteiger partial charge in [-0.2, -0.15) is 0 Å². The highest BCUT2D eigenvalue weighted by molar-refractivity contribution is 7.64. The van der Waals surface area contributed by atoms with Gasteiger partial charge in [-0.1, -0.05) is 5.40 Å². The number of hydrogen-bond donors (Lipinski definition) is 1. The Bertz CT molecular complexity index is 31.1. The van der Waals surface area contributed by atoms with Gasteiger partial charge in [0.15, 0.2) is 0 Å². The maximum Gasteiger partial charge on any atom is -0.0797 e. The fourth-order valence-corrected chi connectivity index (χ4v) is 0. The molecule has 0 aliphatic rings. The molecule has 0 bridgehead atoms. The molecular formula is CH5FN2S. The van der Waals surface area contributed by atoms with Crippen molar-refractivity contribution in [1.29, 1.82) is 5.26 Å². The lowest BCUT2D eigenvalue weighted by atomic mass is 11.8. The van der Waals surface area contributed by atoms with E-state index in [1.54, 1.807) is 0 Å². The second-order valence-electron chi connectivity index (χ2n) is 0.0913. The third-order valence-corrected chi connectivity index (χ3v) is 0. The highest BCUT2D eigenvalue weighted by Gasteiger charge is 0.867. The summed E-state index contributed by atoms with van der Waals surface area (Å²) in [4.78, 5) is 0. The summed E-state index contributed by atoms with van der Waals surface area (Å²) >= 11 is 3.70. The van der Waals surface area contributed by atoms with Crippen LogP contribution in [0.1, 0.15) is 0 Å². The lowest BCUT2D eigenvalue weighted by Crippen LogP contribution is -1.15. The van der Waals surface area contributed by atoms with Crippen molar-refractivity contribution in [3.8, 4) is 5.40 Å². The molecule has 0 rings (SSSR count). The summed E-state index contributed by atoms with van der Waals surface area (Å²) < 4.78 is 0.